The second-order valence-corrected chi connectivity index (χ2v) is 10.5. The Hall–Kier alpha value is -2.55. The quantitative estimate of drug-likeness (QED) is 0.180. The average molecular weight is 517 g/mol. The lowest BCUT2D eigenvalue weighted by Crippen LogP contribution is -2.55. The summed E-state index contributed by atoms with van der Waals surface area (Å²) in [7, 11) is 6.33. The van der Waals surface area contributed by atoms with Crippen LogP contribution in [0.15, 0.2) is 29.9 Å². The lowest BCUT2D eigenvalue weighted by molar-refractivity contribution is -0.166. The summed E-state index contributed by atoms with van der Waals surface area (Å²) in [6.45, 7) is 7.06. The molecule has 3 fully saturated rings. The molecule has 8 heteroatoms. The molecule has 2 saturated heterocycles. The molecule has 0 aromatic heterocycles. The normalized spacial score (nSPS) is 32.2. The summed E-state index contributed by atoms with van der Waals surface area (Å²) < 4.78 is 40.4. The number of hydrogen-bond donors (Lipinski definition) is 0. The molecule has 0 unspecified atom stereocenters. The van der Waals surface area contributed by atoms with E-state index < -0.39 is 5.97 Å². The summed E-state index contributed by atoms with van der Waals surface area (Å²) >= 11 is 0. The lowest BCUT2D eigenvalue weighted by atomic mass is 9.68. The van der Waals surface area contributed by atoms with Gasteiger partial charge in [-0.3, -0.25) is 0 Å². The number of hydrogen-bond acceptors (Lipinski definition) is 8. The molecular weight excluding hydrogens is 476 g/mol. The fourth-order valence-electron chi connectivity index (χ4n) is 5.86. The zero-order valence-electron chi connectivity index (χ0n) is 23.0. The van der Waals surface area contributed by atoms with Crippen LogP contribution >= 0.6 is 0 Å². The fourth-order valence-corrected chi connectivity index (χ4v) is 5.86. The molecule has 1 aromatic carbocycles. The molecule has 3 aliphatic rings. The van der Waals surface area contributed by atoms with Crippen molar-refractivity contribution in [1.82, 2.24) is 0 Å². The molecule has 0 radical (unpaired) electrons. The van der Waals surface area contributed by atoms with Gasteiger partial charge >= 0.3 is 5.97 Å². The third-order valence-corrected chi connectivity index (χ3v) is 7.84. The molecule has 0 bridgehead atoms. The van der Waals surface area contributed by atoms with Crippen molar-refractivity contribution in [2.24, 2.45) is 5.92 Å². The number of carbonyl (C=O) groups is 1. The molecule has 4 rings (SSSR count). The molecule has 0 amide bonds. The zero-order valence-corrected chi connectivity index (χ0v) is 23.0. The third-order valence-electron chi connectivity index (χ3n) is 7.84. The Bertz CT molecular complexity index is 1010. The molecule has 6 atom stereocenters. The van der Waals surface area contributed by atoms with E-state index in [-0.39, 0.29) is 35.4 Å². The minimum atomic E-state index is -0.436. The van der Waals surface area contributed by atoms with Crippen molar-refractivity contribution < 1.29 is 38.0 Å². The Labute approximate surface area is 219 Å². The van der Waals surface area contributed by atoms with E-state index in [2.05, 4.69) is 26.8 Å². The molecule has 2 aliphatic heterocycles. The van der Waals surface area contributed by atoms with Crippen molar-refractivity contribution in [3.05, 3.63) is 35.4 Å². The number of methoxy groups -OCH3 is 4. The predicted molar refractivity (Wildman–Crippen MR) is 139 cm³/mol. The molecule has 37 heavy (non-hydrogen) atoms. The number of epoxide rings is 2. The summed E-state index contributed by atoms with van der Waals surface area (Å²) in [5, 5.41) is 0. The van der Waals surface area contributed by atoms with Crippen molar-refractivity contribution in [2.45, 2.75) is 76.0 Å². The number of esters is 1. The Kier molecular flexibility index (Phi) is 8.21. The highest BCUT2D eigenvalue weighted by Gasteiger charge is 2.72. The van der Waals surface area contributed by atoms with Crippen LogP contribution in [-0.4, -0.2) is 70.5 Å². The predicted octanol–water partition coefficient (Wildman–Crippen LogP) is 4.74. The molecule has 8 nitrogen and oxygen atoms in total. The second kappa shape index (κ2) is 11.1. The van der Waals surface area contributed by atoms with Crippen molar-refractivity contribution in [3.8, 4) is 17.2 Å². The van der Waals surface area contributed by atoms with E-state index in [1.807, 2.05) is 0 Å². The highest BCUT2D eigenvalue weighted by Crippen LogP contribution is 2.59. The van der Waals surface area contributed by atoms with Gasteiger partial charge in [-0.1, -0.05) is 11.6 Å². The minimum Gasteiger partial charge on any atom is -0.493 e. The van der Waals surface area contributed by atoms with E-state index in [4.69, 9.17) is 33.2 Å². The molecule has 204 valence electrons. The van der Waals surface area contributed by atoms with E-state index in [1.165, 1.54) is 11.6 Å². The molecule has 2 heterocycles. The van der Waals surface area contributed by atoms with Crippen molar-refractivity contribution in [1.29, 1.82) is 0 Å². The van der Waals surface area contributed by atoms with Crippen molar-refractivity contribution >= 4 is 12.0 Å². The van der Waals surface area contributed by atoms with E-state index >= 15 is 0 Å². The van der Waals surface area contributed by atoms with Gasteiger partial charge in [0.05, 0.1) is 40.0 Å². The maximum atomic E-state index is 12.9. The first-order valence-corrected chi connectivity index (χ1v) is 12.9. The molecule has 1 spiro atoms. The number of allylic oxidation sites excluding steroid dienone is 2. The highest BCUT2D eigenvalue weighted by molar-refractivity contribution is 5.87. The van der Waals surface area contributed by atoms with Gasteiger partial charge in [0, 0.05) is 13.2 Å². The maximum absolute atomic E-state index is 12.9. The number of carbonyl (C=O) groups excluding carboxylic acids is 1. The lowest BCUT2D eigenvalue weighted by Gasteiger charge is -2.42. The molecule has 1 saturated carbocycles. The van der Waals surface area contributed by atoms with E-state index in [1.54, 1.807) is 46.6 Å². The summed E-state index contributed by atoms with van der Waals surface area (Å²) in [6.07, 6.45) is 8.19. The fraction of sp³-hybridized carbons (Fsp3) is 0.621. The Balaban J connectivity index is 1.45. The summed E-state index contributed by atoms with van der Waals surface area (Å²) in [6, 6.07) is 3.54. The smallest absolute Gasteiger partial charge is 0.331 e. The van der Waals surface area contributed by atoms with Gasteiger partial charge in [-0.2, -0.15) is 0 Å². The molecule has 1 aromatic rings. The SMILES string of the molecule is COc1cc(/C=C/C(=O)O[C@@H]2CC[C@]3(CO3)[C@@H]([C@]3(C)O[C@H]3CCC=C(C)C)[C@@H]2OC)cc(OC)c1OC. The van der Waals surface area contributed by atoms with E-state index in [9.17, 15) is 4.79 Å². The van der Waals surface area contributed by atoms with Crippen molar-refractivity contribution in [2.75, 3.05) is 35.0 Å². The third kappa shape index (κ3) is 5.66. The average Bonchev–Trinajstić information content (AvgIpc) is 3.80. The van der Waals surface area contributed by atoms with Crippen LogP contribution in [0.3, 0.4) is 0 Å². The van der Waals surface area contributed by atoms with E-state index in [0.29, 0.717) is 30.3 Å². The molecular formula is C29H40O8. The Morgan fingerprint density at radius 1 is 1.11 bits per heavy atom. The van der Waals surface area contributed by atoms with Gasteiger partial charge in [0.1, 0.15) is 23.4 Å². The van der Waals surface area contributed by atoms with Gasteiger partial charge in [0.15, 0.2) is 11.5 Å². The maximum Gasteiger partial charge on any atom is 0.331 e. The minimum absolute atomic E-state index is 0.00709. The van der Waals surface area contributed by atoms with Gasteiger partial charge in [0.25, 0.3) is 0 Å². The Morgan fingerprint density at radius 3 is 2.32 bits per heavy atom. The zero-order chi connectivity index (χ0) is 26.8. The van der Waals surface area contributed by atoms with Gasteiger partial charge < -0.3 is 33.2 Å². The van der Waals surface area contributed by atoms with Crippen LogP contribution in [-0.2, 0) is 23.7 Å². The van der Waals surface area contributed by atoms with Gasteiger partial charge in [0.2, 0.25) is 5.75 Å². The Morgan fingerprint density at radius 2 is 1.78 bits per heavy atom. The summed E-state index contributed by atoms with van der Waals surface area (Å²) in [5.41, 5.74) is 1.42. The summed E-state index contributed by atoms with van der Waals surface area (Å²) in [4.78, 5) is 12.9. The first-order valence-electron chi connectivity index (χ1n) is 12.9. The summed E-state index contributed by atoms with van der Waals surface area (Å²) in [5.74, 6) is 1.07. The van der Waals surface area contributed by atoms with Gasteiger partial charge in [-0.25, -0.2) is 4.79 Å². The highest BCUT2D eigenvalue weighted by atomic mass is 16.6. The first kappa shape index (κ1) is 27.5. The van der Waals surface area contributed by atoms with Crippen LogP contribution in [0.5, 0.6) is 17.2 Å². The number of rotatable bonds is 11. The molecule has 0 N–H and O–H groups in total. The monoisotopic (exact) mass is 516 g/mol. The molecule has 1 aliphatic carbocycles. The van der Waals surface area contributed by atoms with Gasteiger partial charge in [-0.15, -0.1) is 0 Å². The number of ether oxygens (including phenoxy) is 7. The van der Waals surface area contributed by atoms with Crippen LogP contribution in [0.2, 0.25) is 0 Å². The van der Waals surface area contributed by atoms with Crippen LogP contribution < -0.4 is 14.2 Å². The first-order chi connectivity index (χ1) is 17.7. The van der Waals surface area contributed by atoms with Gasteiger partial charge in [-0.05, 0) is 70.2 Å². The van der Waals surface area contributed by atoms with Crippen molar-refractivity contribution in [3.63, 3.8) is 0 Å². The second-order valence-electron chi connectivity index (χ2n) is 10.5. The van der Waals surface area contributed by atoms with Crippen LogP contribution in [0.25, 0.3) is 6.08 Å². The van der Waals surface area contributed by atoms with Crippen LogP contribution in [0.1, 0.15) is 52.0 Å². The largest absolute Gasteiger partial charge is 0.493 e. The number of benzene rings is 1. The van der Waals surface area contributed by atoms with Crippen LogP contribution in [0, 0.1) is 5.92 Å². The van der Waals surface area contributed by atoms with Crippen LogP contribution in [0.4, 0.5) is 0 Å². The topological polar surface area (TPSA) is 88.3 Å². The standard InChI is InChI=1S/C29H40O8/c1-18(2)9-8-10-23-28(3,37-23)27-26(34-7)20(13-14-29(27)17-35-29)36-24(30)12-11-19-15-21(31-4)25(33-6)22(16-19)32-5/h9,11-12,15-16,20,23,26-27H,8,10,13-14,17H2,1-7H3/b12-11+/t20-,23+,26-,27-,28-,29+/m1/s1. The van der Waals surface area contributed by atoms with E-state index in [0.717, 1.165) is 24.8 Å².